The van der Waals surface area contributed by atoms with E-state index in [1.165, 1.54) is 11.3 Å². The molecule has 0 spiro atoms. The van der Waals surface area contributed by atoms with Crippen molar-refractivity contribution in [3.63, 3.8) is 0 Å². The van der Waals surface area contributed by atoms with Gasteiger partial charge in [0.25, 0.3) is 5.91 Å². The Morgan fingerprint density at radius 1 is 1.50 bits per heavy atom. The summed E-state index contributed by atoms with van der Waals surface area (Å²) in [4.78, 5) is 12.2. The highest BCUT2D eigenvalue weighted by Crippen LogP contribution is 2.08. The molecule has 0 aliphatic rings. The summed E-state index contributed by atoms with van der Waals surface area (Å²) < 4.78 is 4.89. The molecule has 2 rings (SSSR count). The van der Waals surface area contributed by atoms with Gasteiger partial charge in [-0.15, -0.1) is 11.3 Å². The number of rotatable bonds is 3. The highest BCUT2D eigenvalue weighted by atomic mass is 32.1. The zero-order valence-corrected chi connectivity index (χ0v) is 8.21. The minimum absolute atomic E-state index is 0.0406. The van der Waals surface area contributed by atoms with Gasteiger partial charge in [-0.2, -0.15) is 0 Å². The highest BCUT2D eigenvalue weighted by molar-refractivity contribution is 7.12. The van der Waals surface area contributed by atoms with Gasteiger partial charge in [0.2, 0.25) is 0 Å². The van der Waals surface area contributed by atoms with E-state index >= 15 is 0 Å². The van der Waals surface area contributed by atoms with E-state index in [2.05, 4.69) is 5.32 Å². The monoisotopic (exact) mass is 207 g/mol. The molecular weight excluding hydrogens is 198 g/mol. The molecule has 2 aromatic heterocycles. The number of thiophene rings is 1. The fourth-order valence-electron chi connectivity index (χ4n) is 1.07. The first-order valence-corrected chi connectivity index (χ1v) is 5.07. The van der Waals surface area contributed by atoms with Crippen LogP contribution < -0.4 is 5.32 Å². The van der Waals surface area contributed by atoms with Crippen molar-refractivity contribution in [2.24, 2.45) is 0 Å². The standard InChI is InChI=1S/C10H9NO2S/c12-10(9-2-1-5-14-9)11-6-8-3-4-13-7-8/h1-5,7H,6H2,(H,11,12). The van der Waals surface area contributed by atoms with Crippen LogP contribution in [0.4, 0.5) is 0 Å². The first kappa shape index (κ1) is 9.02. The van der Waals surface area contributed by atoms with Crippen LogP contribution in [0, 0.1) is 0 Å². The molecule has 0 saturated carbocycles. The molecule has 0 aliphatic carbocycles. The Morgan fingerprint density at radius 2 is 2.43 bits per heavy atom. The van der Waals surface area contributed by atoms with Crippen molar-refractivity contribution in [2.45, 2.75) is 6.54 Å². The molecule has 4 heteroatoms. The van der Waals surface area contributed by atoms with Crippen LogP contribution in [0.15, 0.2) is 40.5 Å². The third-order valence-electron chi connectivity index (χ3n) is 1.78. The van der Waals surface area contributed by atoms with Crippen molar-refractivity contribution in [1.82, 2.24) is 5.32 Å². The zero-order valence-electron chi connectivity index (χ0n) is 7.40. The van der Waals surface area contributed by atoms with Crippen molar-refractivity contribution < 1.29 is 9.21 Å². The normalized spacial score (nSPS) is 10.0. The second kappa shape index (κ2) is 4.11. The predicted octanol–water partition coefficient (Wildman–Crippen LogP) is 2.27. The predicted molar refractivity (Wildman–Crippen MR) is 54.2 cm³/mol. The summed E-state index contributed by atoms with van der Waals surface area (Å²) in [6.45, 7) is 0.507. The number of hydrogen-bond donors (Lipinski definition) is 1. The second-order valence-electron chi connectivity index (χ2n) is 2.79. The molecule has 3 nitrogen and oxygen atoms in total. The highest BCUT2D eigenvalue weighted by Gasteiger charge is 2.05. The molecule has 0 aliphatic heterocycles. The van der Waals surface area contributed by atoms with Gasteiger partial charge < -0.3 is 9.73 Å². The maximum Gasteiger partial charge on any atom is 0.261 e. The molecule has 0 bridgehead atoms. The van der Waals surface area contributed by atoms with E-state index in [9.17, 15) is 4.79 Å². The molecule has 1 amide bonds. The summed E-state index contributed by atoms with van der Waals surface area (Å²) in [5.41, 5.74) is 0.968. The molecule has 0 unspecified atom stereocenters. The molecular formula is C10H9NO2S. The molecule has 0 radical (unpaired) electrons. The lowest BCUT2D eigenvalue weighted by atomic mass is 10.3. The zero-order chi connectivity index (χ0) is 9.80. The number of carbonyl (C=O) groups is 1. The van der Waals surface area contributed by atoms with Crippen LogP contribution in [-0.4, -0.2) is 5.91 Å². The molecule has 0 fully saturated rings. The lowest BCUT2D eigenvalue weighted by Gasteiger charge is -1.99. The van der Waals surface area contributed by atoms with Crippen molar-refractivity contribution in [3.05, 3.63) is 46.5 Å². The minimum atomic E-state index is -0.0406. The second-order valence-corrected chi connectivity index (χ2v) is 3.74. The Bertz CT molecular complexity index is 392. The Labute approximate surface area is 85.4 Å². The number of nitrogens with one attached hydrogen (secondary N) is 1. The molecule has 2 aromatic rings. The molecule has 2 heterocycles. The van der Waals surface area contributed by atoms with Gasteiger partial charge >= 0.3 is 0 Å². The molecule has 0 aromatic carbocycles. The number of carbonyl (C=O) groups excluding carboxylic acids is 1. The smallest absolute Gasteiger partial charge is 0.261 e. The van der Waals surface area contributed by atoms with E-state index < -0.39 is 0 Å². The average Bonchev–Trinajstić information content (AvgIpc) is 2.87. The molecule has 0 atom stereocenters. The van der Waals surface area contributed by atoms with Gasteiger partial charge in [-0.3, -0.25) is 4.79 Å². The summed E-state index contributed by atoms with van der Waals surface area (Å²) in [5, 5.41) is 4.68. The van der Waals surface area contributed by atoms with Crippen LogP contribution in [0.3, 0.4) is 0 Å². The average molecular weight is 207 g/mol. The summed E-state index contributed by atoms with van der Waals surface area (Å²) in [7, 11) is 0. The van der Waals surface area contributed by atoms with Crippen LogP contribution >= 0.6 is 11.3 Å². The van der Waals surface area contributed by atoms with Crippen LogP contribution in [0.1, 0.15) is 15.2 Å². The summed E-state index contributed by atoms with van der Waals surface area (Å²) in [5.74, 6) is -0.0406. The van der Waals surface area contributed by atoms with Crippen LogP contribution in [0.2, 0.25) is 0 Å². The van der Waals surface area contributed by atoms with Gasteiger partial charge in [-0.1, -0.05) is 6.07 Å². The lowest BCUT2D eigenvalue weighted by molar-refractivity contribution is 0.0955. The van der Waals surface area contributed by atoms with E-state index in [-0.39, 0.29) is 5.91 Å². The van der Waals surface area contributed by atoms with Gasteiger partial charge in [0.15, 0.2) is 0 Å². The Hall–Kier alpha value is -1.55. The van der Waals surface area contributed by atoms with E-state index in [0.29, 0.717) is 6.54 Å². The topological polar surface area (TPSA) is 42.2 Å². The van der Waals surface area contributed by atoms with E-state index in [1.54, 1.807) is 18.6 Å². The number of amides is 1. The molecule has 72 valence electrons. The minimum Gasteiger partial charge on any atom is -0.472 e. The van der Waals surface area contributed by atoms with Crippen LogP contribution in [0.25, 0.3) is 0 Å². The molecule has 14 heavy (non-hydrogen) atoms. The fourth-order valence-corrected chi connectivity index (χ4v) is 1.71. The van der Waals surface area contributed by atoms with Crippen LogP contribution in [0.5, 0.6) is 0 Å². The van der Waals surface area contributed by atoms with Gasteiger partial charge in [0.1, 0.15) is 0 Å². The Balaban J connectivity index is 1.90. The molecule has 1 N–H and O–H groups in total. The van der Waals surface area contributed by atoms with Crippen molar-refractivity contribution in [1.29, 1.82) is 0 Å². The van der Waals surface area contributed by atoms with Crippen molar-refractivity contribution in [2.75, 3.05) is 0 Å². The number of hydrogen-bond acceptors (Lipinski definition) is 3. The maximum absolute atomic E-state index is 11.5. The maximum atomic E-state index is 11.5. The van der Waals surface area contributed by atoms with Crippen LogP contribution in [-0.2, 0) is 6.54 Å². The third kappa shape index (κ3) is 2.03. The van der Waals surface area contributed by atoms with Crippen molar-refractivity contribution in [3.8, 4) is 0 Å². The van der Waals surface area contributed by atoms with E-state index in [4.69, 9.17) is 4.42 Å². The third-order valence-corrected chi connectivity index (χ3v) is 2.65. The first-order chi connectivity index (χ1) is 6.86. The Kier molecular flexibility index (Phi) is 2.65. The fraction of sp³-hybridized carbons (Fsp3) is 0.100. The summed E-state index contributed by atoms with van der Waals surface area (Å²) in [6, 6.07) is 5.49. The quantitative estimate of drug-likeness (QED) is 0.838. The number of furan rings is 1. The SMILES string of the molecule is O=C(NCc1ccoc1)c1cccs1. The Morgan fingerprint density at radius 3 is 3.07 bits per heavy atom. The molecule has 0 saturated heterocycles. The summed E-state index contributed by atoms with van der Waals surface area (Å²) in [6.07, 6.45) is 3.21. The van der Waals surface area contributed by atoms with Gasteiger partial charge in [-0.25, -0.2) is 0 Å². The van der Waals surface area contributed by atoms with Gasteiger partial charge in [-0.05, 0) is 17.5 Å². The lowest BCUT2D eigenvalue weighted by Crippen LogP contribution is -2.21. The summed E-state index contributed by atoms with van der Waals surface area (Å²) >= 11 is 1.43. The van der Waals surface area contributed by atoms with Gasteiger partial charge in [0, 0.05) is 12.1 Å². The van der Waals surface area contributed by atoms with Crippen molar-refractivity contribution >= 4 is 17.2 Å². The largest absolute Gasteiger partial charge is 0.472 e. The van der Waals surface area contributed by atoms with Gasteiger partial charge in [0.05, 0.1) is 17.4 Å². The first-order valence-electron chi connectivity index (χ1n) is 4.19. The van der Waals surface area contributed by atoms with E-state index in [1.807, 2.05) is 17.5 Å². The van der Waals surface area contributed by atoms with E-state index in [0.717, 1.165) is 10.4 Å².